The number of aliphatic hydroxyl groups is 4. The van der Waals surface area contributed by atoms with Gasteiger partial charge in [0.1, 0.15) is 12.7 Å². The molecule has 0 aromatic carbocycles. The van der Waals surface area contributed by atoms with E-state index in [2.05, 4.69) is 24.4 Å². The number of rotatable bonds is 41. The van der Waals surface area contributed by atoms with Crippen molar-refractivity contribution in [2.75, 3.05) is 26.4 Å². The standard InChI is InChI=1S/C42H81O12P/c1-3-5-7-9-11-12-13-14-15-16-17-18-19-23-28-32-42(48)54-38(36-53-55(49,50)52-34-37(44)33-43)35-51-41(47)31-27-24-20-22-26-30-40(46)39(45)29-25-21-10-8-6-4-2/h21,25,37-40,43-46H,3-20,22-24,26-36H2,1-2H3,(H,49,50)/b25-21-/t37-,38+,39+,40+/m0/s1. The van der Waals surface area contributed by atoms with Crippen molar-refractivity contribution in [3.05, 3.63) is 12.2 Å². The second kappa shape index (κ2) is 38.2. The van der Waals surface area contributed by atoms with E-state index in [-0.39, 0.29) is 19.4 Å². The van der Waals surface area contributed by atoms with Gasteiger partial charge in [0.25, 0.3) is 0 Å². The van der Waals surface area contributed by atoms with Crippen LogP contribution < -0.4 is 0 Å². The SMILES string of the molecule is CCCCC/C=C\C[C@@H](O)[C@H](O)CCCCCCCC(=O)OC[C@H](COP(=O)(O)OC[C@@H](O)CO)OC(=O)CCCCCCCCCCCCCCCCC. The van der Waals surface area contributed by atoms with Gasteiger partial charge in [-0.25, -0.2) is 4.57 Å². The molecule has 0 aromatic heterocycles. The van der Waals surface area contributed by atoms with Gasteiger partial charge in [0.2, 0.25) is 0 Å². The summed E-state index contributed by atoms with van der Waals surface area (Å²) in [5.74, 6) is -1.03. The highest BCUT2D eigenvalue weighted by molar-refractivity contribution is 7.47. The summed E-state index contributed by atoms with van der Waals surface area (Å²) in [6.45, 7) is 2.16. The first-order valence-corrected chi connectivity index (χ1v) is 23.3. The van der Waals surface area contributed by atoms with Crippen LogP contribution >= 0.6 is 7.82 Å². The van der Waals surface area contributed by atoms with Crippen molar-refractivity contribution < 1.29 is 58.0 Å². The summed E-state index contributed by atoms with van der Waals surface area (Å²) in [6, 6.07) is 0. The Balaban J connectivity index is 4.39. The Morgan fingerprint density at radius 2 is 1.05 bits per heavy atom. The average Bonchev–Trinajstić information content (AvgIpc) is 3.17. The lowest BCUT2D eigenvalue weighted by molar-refractivity contribution is -0.161. The fourth-order valence-electron chi connectivity index (χ4n) is 6.08. The molecule has 0 saturated heterocycles. The Labute approximate surface area is 333 Å². The molecule has 0 radical (unpaired) electrons. The summed E-state index contributed by atoms with van der Waals surface area (Å²) < 4.78 is 32.6. The predicted octanol–water partition coefficient (Wildman–Crippen LogP) is 9.17. The summed E-state index contributed by atoms with van der Waals surface area (Å²) in [7, 11) is -4.65. The van der Waals surface area contributed by atoms with Crippen LogP contribution in [0.1, 0.15) is 194 Å². The molecular formula is C42H81O12P. The lowest BCUT2D eigenvalue weighted by atomic mass is 10.0. The van der Waals surface area contributed by atoms with Crippen LogP contribution in [0.3, 0.4) is 0 Å². The van der Waals surface area contributed by atoms with Crippen LogP contribution in [0.4, 0.5) is 0 Å². The molecule has 55 heavy (non-hydrogen) atoms. The van der Waals surface area contributed by atoms with Crippen LogP contribution in [0, 0.1) is 0 Å². The van der Waals surface area contributed by atoms with E-state index in [1.165, 1.54) is 83.5 Å². The molecule has 0 saturated carbocycles. The van der Waals surface area contributed by atoms with Gasteiger partial charge in [-0.15, -0.1) is 0 Å². The molecule has 0 aliphatic carbocycles. The van der Waals surface area contributed by atoms with Gasteiger partial charge in [0.05, 0.1) is 32.0 Å². The van der Waals surface area contributed by atoms with Crippen molar-refractivity contribution >= 4 is 19.8 Å². The maximum Gasteiger partial charge on any atom is 0.472 e. The molecule has 5 N–H and O–H groups in total. The third kappa shape index (κ3) is 36.7. The van der Waals surface area contributed by atoms with Crippen molar-refractivity contribution in [1.82, 2.24) is 0 Å². The molecule has 1 unspecified atom stereocenters. The summed E-state index contributed by atoms with van der Waals surface area (Å²) >= 11 is 0. The van der Waals surface area contributed by atoms with Crippen molar-refractivity contribution in [1.29, 1.82) is 0 Å². The molecule has 5 atom stereocenters. The highest BCUT2D eigenvalue weighted by Crippen LogP contribution is 2.43. The van der Waals surface area contributed by atoms with Crippen molar-refractivity contribution in [3.63, 3.8) is 0 Å². The Bertz CT molecular complexity index is 965. The number of esters is 2. The van der Waals surface area contributed by atoms with E-state index in [0.717, 1.165) is 57.8 Å². The van der Waals surface area contributed by atoms with Gasteiger partial charge < -0.3 is 34.8 Å². The number of hydrogen-bond donors (Lipinski definition) is 5. The number of ether oxygens (including phenoxy) is 2. The Morgan fingerprint density at radius 1 is 0.582 bits per heavy atom. The highest BCUT2D eigenvalue weighted by Gasteiger charge is 2.27. The molecular weight excluding hydrogens is 727 g/mol. The molecule has 0 bridgehead atoms. The zero-order valence-corrected chi connectivity index (χ0v) is 35.5. The van der Waals surface area contributed by atoms with Gasteiger partial charge in [-0.3, -0.25) is 18.6 Å². The maximum absolute atomic E-state index is 12.6. The van der Waals surface area contributed by atoms with E-state index in [9.17, 15) is 34.4 Å². The smallest absolute Gasteiger partial charge is 0.462 e. The minimum atomic E-state index is -4.65. The van der Waals surface area contributed by atoms with Crippen LogP contribution in [0.15, 0.2) is 12.2 Å². The molecule has 0 amide bonds. The second-order valence-electron chi connectivity index (χ2n) is 15.0. The summed E-state index contributed by atoms with van der Waals surface area (Å²) in [5, 5.41) is 38.7. The molecule has 0 aromatic rings. The number of allylic oxidation sites excluding steroid dienone is 1. The summed E-state index contributed by atoms with van der Waals surface area (Å²) in [5.41, 5.74) is 0. The average molecular weight is 809 g/mol. The minimum Gasteiger partial charge on any atom is -0.462 e. The molecule has 0 aliphatic heterocycles. The van der Waals surface area contributed by atoms with Crippen molar-refractivity contribution in [2.45, 2.75) is 218 Å². The van der Waals surface area contributed by atoms with Crippen LogP contribution in [-0.2, 0) is 32.7 Å². The Kier molecular flexibility index (Phi) is 37.2. The first-order valence-electron chi connectivity index (χ1n) is 21.8. The second-order valence-corrected chi connectivity index (χ2v) is 16.5. The van der Waals surface area contributed by atoms with Crippen molar-refractivity contribution in [3.8, 4) is 0 Å². The predicted molar refractivity (Wildman–Crippen MR) is 217 cm³/mol. The molecule has 0 fully saturated rings. The number of hydrogen-bond acceptors (Lipinski definition) is 11. The fraction of sp³-hybridized carbons (Fsp3) is 0.905. The molecule has 0 spiro atoms. The van der Waals surface area contributed by atoms with Crippen LogP contribution in [0.5, 0.6) is 0 Å². The number of carbonyl (C=O) groups is 2. The lowest BCUT2D eigenvalue weighted by Gasteiger charge is -2.20. The van der Waals surface area contributed by atoms with Gasteiger partial charge in [0.15, 0.2) is 6.10 Å². The number of phosphoric ester groups is 1. The highest BCUT2D eigenvalue weighted by atomic mass is 31.2. The van der Waals surface area contributed by atoms with Gasteiger partial charge >= 0.3 is 19.8 Å². The number of aliphatic hydroxyl groups excluding tert-OH is 4. The van der Waals surface area contributed by atoms with Crippen LogP contribution in [0.2, 0.25) is 0 Å². The fourth-order valence-corrected chi connectivity index (χ4v) is 6.87. The van der Waals surface area contributed by atoms with E-state index in [1.54, 1.807) is 0 Å². The van der Waals surface area contributed by atoms with Gasteiger partial charge in [0, 0.05) is 12.8 Å². The third-order valence-corrected chi connectivity index (χ3v) is 10.6. The molecule has 12 nitrogen and oxygen atoms in total. The van der Waals surface area contributed by atoms with Gasteiger partial charge in [-0.1, -0.05) is 154 Å². The van der Waals surface area contributed by atoms with Gasteiger partial charge in [-0.2, -0.15) is 0 Å². The first kappa shape index (κ1) is 53.6. The lowest BCUT2D eigenvalue weighted by Crippen LogP contribution is -2.29. The van der Waals surface area contributed by atoms with E-state index in [1.807, 2.05) is 6.08 Å². The quantitative estimate of drug-likeness (QED) is 0.0171. The Morgan fingerprint density at radius 3 is 1.60 bits per heavy atom. The third-order valence-electron chi connectivity index (χ3n) is 9.62. The minimum absolute atomic E-state index is 0.146. The Hall–Kier alpha value is -1.37. The van der Waals surface area contributed by atoms with E-state index >= 15 is 0 Å². The first-order chi connectivity index (χ1) is 26.5. The topological polar surface area (TPSA) is 189 Å². The zero-order valence-electron chi connectivity index (χ0n) is 34.6. The monoisotopic (exact) mass is 809 g/mol. The number of phosphoric acid groups is 1. The number of carbonyl (C=O) groups excluding carboxylic acids is 2. The number of unbranched alkanes of at least 4 members (excludes halogenated alkanes) is 21. The van der Waals surface area contributed by atoms with E-state index in [4.69, 9.17) is 19.1 Å². The molecule has 0 rings (SSSR count). The molecule has 326 valence electrons. The van der Waals surface area contributed by atoms with Crippen molar-refractivity contribution in [2.24, 2.45) is 0 Å². The zero-order chi connectivity index (χ0) is 40.8. The molecule has 13 heteroatoms. The van der Waals surface area contributed by atoms with Crippen LogP contribution in [0.25, 0.3) is 0 Å². The molecule has 0 heterocycles. The maximum atomic E-state index is 12.6. The summed E-state index contributed by atoms with van der Waals surface area (Å²) in [4.78, 5) is 35.0. The van der Waals surface area contributed by atoms with Gasteiger partial charge in [-0.05, 0) is 38.5 Å². The van der Waals surface area contributed by atoms with E-state index in [0.29, 0.717) is 25.7 Å². The summed E-state index contributed by atoms with van der Waals surface area (Å²) in [6.07, 6.45) is 27.7. The normalized spacial score (nSPS) is 15.1. The van der Waals surface area contributed by atoms with E-state index < -0.39 is 64.0 Å². The van der Waals surface area contributed by atoms with Crippen LogP contribution in [-0.4, -0.2) is 88.1 Å². The largest absolute Gasteiger partial charge is 0.472 e. The molecule has 0 aliphatic rings.